The van der Waals surface area contributed by atoms with Crippen LogP contribution >= 0.6 is 0 Å². The molecule has 0 rings (SSSR count). The van der Waals surface area contributed by atoms with Gasteiger partial charge in [0.25, 0.3) is 0 Å². The number of carbonyl (C=O) groups is 6. The van der Waals surface area contributed by atoms with Gasteiger partial charge >= 0.3 is 35.8 Å². The van der Waals surface area contributed by atoms with E-state index in [1.54, 1.807) is 0 Å². The Morgan fingerprint density at radius 3 is 1.23 bits per heavy atom. The molecule has 0 amide bonds. The van der Waals surface area contributed by atoms with E-state index in [1.165, 1.54) is 0 Å². The molecule has 0 saturated carbocycles. The molecule has 0 aliphatic rings. The molecule has 0 aromatic rings. The molecular weight excluding hydrogens is 304 g/mol. The maximum Gasteiger partial charge on any atom is 0.338 e. The van der Waals surface area contributed by atoms with Crippen LogP contribution in [0.3, 0.4) is 0 Å². The molecule has 0 unspecified atom stereocenters. The Morgan fingerprint density at radius 2 is 0.955 bits per heavy atom. The summed E-state index contributed by atoms with van der Waals surface area (Å²) in [4.78, 5) is 64.4. The number of hydrogen-bond donors (Lipinski definition) is 2. The smallest absolute Gasteiger partial charge is 0.338 e. The quantitative estimate of drug-likeness (QED) is 0.336. The Hall–Kier alpha value is -3.04. The fourth-order valence-electron chi connectivity index (χ4n) is 0.949. The van der Waals surface area contributed by atoms with Gasteiger partial charge in [0, 0.05) is 12.2 Å². The number of hydrogen-bond acceptors (Lipinski definition) is 8. The molecule has 0 bridgehead atoms. The fourth-order valence-corrected chi connectivity index (χ4v) is 0.949. The summed E-state index contributed by atoms with van der Waals surface area (Å²) in [6.07, 6.45) is -1.07. The van der Waals surface area contributed by atoms with Crippen molar-refractivity contribution < 1.29 is 48.5 Å². The lowest BCUT2D eigenvalue weighted by Gasteiger charge is -1.99. The molecule has 0 fully saturated rings. The first kappa shape index (κ1) is 19.0. The standard InChI is InChI=1S/C12H12O10/c13-7(14)1-3-9(17)21-11(19)5-6-12(20)22-10(18)4-2-8(15)16/h5-6H,1-4H2,(H,13,14)(H,15,16)/b6-5-. The first-order chi connectivity index (χ1) is 10.2. The third kappa shape index (κ3) is 10.8. The first-order valence-electron chi connectivity index (χ1n) is 5.81. The molecule has 10 heteroatoms. The normalized spacial score (nSPS) is 10.0. The zero-order valence-electron chi connectivity index (χ0n) is 11.1. The topological polar surface area (TPSA) is 161 Å². The molecule has 0 aliphatic heterocycles. The van der Waals surface area contributed by atoms with Crippen molar-refractivity contribution in [3.05, 3.63) is 12.2 Å². The van der Waals surface area contributed by atoms with Crippen LogP contribution in [0.1, 0.15) is 25.7 Å². The van der Waals surface area contributed by atoms with E-state index in [-0.39, 0.29) is 0 Å². The van der Waals surface area contributed by atoms with Crippen molar-refractivity contribution in [2.45, 2.75) is 25.7 Å². The largest absolute Gasteiger partial charge is 0.481 e. The second kappa shape index (κ2) is 9.80. The minimum atomic E-state index is -1.25. The van der Waals surface area contributed by atoms with Crippen molar-refractivity contribution in [2.75, 3.05) is 0 Å². The monoisotopic (exact) mass is 316 g/mol. The maximum atomic E-state index is 11.1. The van der Waals surface area contributed by atoms with Crippen LogP contribution < -0.4 is 0 Å². The summed E-state index contributed by atoms with van der Waals surface area (Å²) in [5.74, 6) is -7.17. The van der Waals surface area contributed by atoms with Crippen molar-refractivity contribution in [1.82, 2.24) is 0 Å². The Kier molecular flexibility index (Phi) is 8.45. The molecule has 10 nitrogen and oxygen atoms in total. The SMILES string of the molecule is O=C(O)CCC(=O)OC(=O)/C=C\C(=O)OC(=O)CCC(=O)O. The van der Waals surface area contributed by atoms with Gasteiger partial charge in [-0.15, -0.1) is 0 Å². The van der Waals surface area contributed by atoms with E-state index in [2.05, 4.69) is 9.47 Å². The Balaban J connectivity index is 4.12. The van der Waals surface area contributed by atoms with Crippen LogP contribution in [-0.4, -0.2) is 46.0 Å². The van der Waals surface area contributed by atoms with Crippen molar-refractivity contribution >= 4 is 35.8 Å². The highest BCUT2D eigenvalue weighted by Crippen LogP contribution is 1.96. The van der Waals surface area contributed by atoms with Gasteiger partial charge in [-0.1, -0.05) is 0 Å². The molecule has 0 radical (unpaired) electrons. The van der Waals surface area contributed by atoms with Crippen LogP contribution in [0.5, 0.6) is 0 Å². The number of carbonyl (C=O) groups excluding carboxylic acids is 4. The first-order valence-corrected chi connectivity index (χ1v) is 5.81. The van der Waals surface area contributed by atoms with Crippen molar-refractivity contribution in [3.63, 3.8) is 0 Å². The molecule has 0 atom stereocenters. The molecule has 120 valence electrons. The number of carboxylic acid groups (broad SMARTS) is 2. The number of ether oxygens (including phenoxy) is 2. The third-order valence-corrected chi connectivity index (χ3v) is 1.87. The lowest BCUT2D eigenvalue weighted by atomic mass is 10.3. The Morgan fingerprint density at radius 1 is 0.636 bits per heavy atom. The number of esters is 4. The van der Waals surface area contributed by atoms with Gasteiger partial charge in [0.15, 0.2) is 0 Å². The summed E-state index contributed by atoms with van der Waals surface area (Å²) < 4.78 is 8.27. The van der Waals surface area contributed by atoms with Gasteiger partial charge < -0.3 is 19.7 Å². The van der Waals surface area contributed by atoms with E-state index < -0.39 is 61.5 Å². The lowest BCUT2D eigenvalue weighted by molar-refractivity contribution is -0.159. The lowest BCUT2D eigenvalue weighted by Crippen LogP contribution is -2.14. The van der Waals surface area contributed by atoms with E-state index >= 15 is 0 Å². The van der Waals surface area contributed by atoms with Crippen LogP contribution in [0.15, 0.2) is 12.2 Å². The fraction of sp³-hybridized carbons (Fsp3) is 0.333. The molecule has 0 aromatic heterocycles. The predicted molar refractivity (Wildman–Crippen MR) is 65.1 cm³/mol. The maximum absolute atomic E-state index is 11.1. The van der Waals surface area contributed by atoms with Crippen LogP contribution in [-0.2, 0) is 38.2 Å². The summed E-state index contributed by atoms with van der Waals surface area (Å²) in [5.41, 5.74) is 0. The minimum Gasteiger partial charge on any atom is -0.481 e. The second-order valence-corrected chi connectivity index (χ2v) is 3.71. The molecule has 0 spiro atoms. The molecular formula is C12H12O10. The van der Waals surface area contributed by atoms with Gasteiger partial charge in [-0.25, -0.2) is 9.59 Å². The molecule has 0 heterocycles. The van der Waals surface area contributed by atoms with Crippen LogP contribution in [0.4, 0.5) is 0 Å². The highest BCUT2D eigenvalue weighted by atomic mass is 16.6. The highest BCUT2D eigenvalue weighted by Gasteiger charge is 2.12. The zero-order chi connectivity index (χ0) is 17.1. The van der Waals surface area contributed by atoms with Gasteiger partial charge in [-0.2, -0.15) is 0 Å². The van der Waals surface area contributed by atoms with Crippen LogP contribution in [0, 0.1) is 0 Å². The van der Waals surface area contributed by atoms with Gasteiger partial charge in [0.05, 0.1) is 25.7 Å². The number of aliphatic carboxylic acids is 2. The molecule has 0 saturated heterocycles. The van der Waals surface area contributed by atoms with Crippen molar-refractivity contribution in [2.24, 2.45) is 0 Å². The average Bonchev–Trinajstić information content (AvgIpc) is 2.40. The van der Waals surface area contributed by atoms with Gasteiger partial charge in [-0.05, 0) is 0 Å². The molecule has 2 N–H and O–H groups in total. The Bertz CT molecular complexity index is 470. The number of rotatable bonds is 8. The van der Waals surface area contributed by atoms with Crippen LogP contribution in [0.2, 0.25) is 0 Å². The van der Waals surface area contributed by atoms with Gasteiger partial charge in [0.1, 0.15) is 0 Å². The van der Waals surface area contributed by atoms with E-state index in [9.17, 15) is 28.8 Å². The summed E-state index contributed by atoms with van der Waals surface area (Å²) >= 11 is 0. The van der Waals surface area contributed by atoms with Crippen molar-refractivity contribution in [1.29, 1.82) is 0 Å². The molecule has 0 aliphatic carbocycles. The molecule has 22 heavy (non-hydrogen) atoms. The van der Waals surface area contributed by atoms with E-state index in [4.69, 9.17) is 10.2 Å². The summed E-state index contributed by atoms with van der Waals surface area (Å²) in [6.45, 7) is 0. The predicted octanol–water partition coefficient (Wildman–Crippen LogP) is -0.588. The minimum absolute atomic E-state index is 0.505. The Labute approximate surface area is 123 Å². The van der Waals surface area contributed by atoms with Gasteiger partial charge in [0.2, 0.25) is 0 Å². The van der Waals surface area contributed by atoms with Crippen molar-refractivity contribution in [3.8, 4) is 0 Å². The number of carboxylic acids is 2. The van der Waals surface area contributed by atoms with E-state index in [0.29, 0.717) is 12.2 Å². The van der Waals surface area contributed by atoms with Crippen LogP contribution in [0.25, 0.3) is 0 Å². The van der Waals surface area contributed by atoms with Gasteiger partial charge in [-0.3, -0.25) is 19.2 Å². The summed E-state index contributed by atoms with van der Waals surface area (Å²) in [5, 5.41) is 16.6. The van der Waals surface area contributed by atoms with E-state index in [1.807, 2.05) is 0 Å². The highest BCUT2D eigenvalue weighted by molar-refractivity contribution is 5.99. The average molecular weight is 316 g/mol. The molecule has 0 aromatic carbocycles. The zero-order valence-corrected chi connectivity index (χ0v) is 11.1. The van der Waals surface area contributed by atoms with E-state index in [0.717, 1.165) is 0 Å². The third-order valence-electron chi connectivity index (χ3n) is 1.87. The summed E-state index contributed by atoms with van der Waals surface area (Å²) in [6, 6.07) is 0. The summed E-state index contributed by atoms with van der Waals surface area (Å²) in [7, 11) is 0. The second-order valence-electron chi connectivity index (χ2n) is 3.71.